The van der Waals surface area contributed by atoms with Crippen molar-refractivity contribution in [3.8, 4) is 0 Å². The highest BCUT2D eigenvalue weighted by Crippen LogP contribution is 2.66. The minimum absolute atomic E-state index is 0.0411. The number of amides is 4. The van der Waals surface area contributed by atoms with Gasteiger partial charge in [-0.2, -0.15) is 0 Å². The lowest BCUT2D eigenvalue weighted by Gasteiger charge is -2.60. The largest absolute Gasteiger partial charge is 0.296 e. The average molecular weight is 272 g/mol. The standard InChI is InChI=1S/C14H12N2O4/c17-11-7-3-1-2-4(8(7)12(18)15-11)6-5(3)9-10(6)14(20)16-13(9)19/h1-10H,(H,15,17,18)(H,16,19,20)/t3-,4+,5+,6?,7-,8-,9-,10-/m1/s1. The first-order chi connectivity index (χ1) is 9.59. The first-order valence-corrected chi connectivity index (χ1v) is 6.97. The van der Waals surface area contributed by atoms with Gasteiger partial charge in [-0.25, -0.2) is 0 Å². The lowest BCUT2D eigenvalue weighted by atomic mass is 9.40. The second-order valence-corrected chi connectivity index (χ2v) is 6.50. The van der Waals surface area contributed by atoms with Crippen LogP contribution in [-0.2, 0) is 19.2 Å². The van der Waals surface area contributed by atoms with Crippen LogP contribution in [0.3, 0.4) is 0 Å². The average Bonchev–Trinajstić information content (AvgIpc) is 2.78. The molecular weight excluding hydrogens is 260 g/mol. The third-order valence-corrected chi connectivity index (χ3v) is 6.03. The van der Waals surface area contributed by atoms with Gasteiger partial charge in [0.1, 0.15) is 0 Å². The predicted octanol–water partition coefficient (Wildman–Crippen LogP) is -1.17. The van der Waals surface area contributed by atoms with E-state index in [1.54, 1.807) is 0 Å². The number of hydrogen-bond acceptors (Lipinski definition) is 4. The van der Waals surface area contributed by atoms with E-state index in [1.165, 1.54) is 0 Å². The van der Waals surface area contributed by atoms with Gasteiger partial charge < -0.3 is 0 Å². The molecule has 1 unspecified atom stereocenters. The fourth-order valence-electron chi connectivity index (χ4n) is 5.44. The number of carbonyl (C=O) groups is 4. The maximum atomic E-state index is 12.0. The molecule has 6 rings (SSSR count). The molecule has 2 bridgehead atoms. The molecule has 6 nitrogen and oxygen atoms in total. The van der Waals surface area contributed by atoms with E-state index in [-0.39, 0.29) is 71.0 Å². The molecule has 102 valence electrons. The van der Waals surface area contributed by atoms with Gasteiger partial charge in [-0.05, 0) is 23.7 Å². The second-order valence-electron chi connectivity index (χ2n) is 6.50. The number of hydrogen-bond donors (Lipinski definition) is 2. The van der Waals surface area contributed by atoms with Crippen LogP contribution in [0.5, 0.6) is 0 Å². The molecule has 0 radical (unpaired) electrons. The van der Waals surface area contributed by atoms with Crippen LogP contribution in [0.2, 0.25) is 0 Å². The fourth-order valence-corrected chi connectivity index (χ4v) is 5.44. The summed E-state index contributed by atoms with van der Waals surface area (Å²) >= 11 is 0. The summed E-state index contributed by atoms with van der Waals surface area (Å²) in [6, 6.07) is 0. The second kappa shape index (κ2) is 3.02. The number of imide groups is 2. The zero-order valence-electron chi connectivity index (χ0n) is 10.4. The molecule has 8 atom stereocenters. The smallest absolute Gasteiger partial charge is 0.231 e. The molecule has 0 aromatic carbocycles. The fraction of sp³-hybridized carbons (Fsp3) is 0.571. The molecule has 0 aromatic rings. The molecule has 4 fully saturated rings. The molecule has 2 heterocycles. The topological polar surface area (TPSA) is 92.3 Å². The van der Waals surface area contributed by atoms with E-state index in [2.05, 4.69) is 10.6 Å². The first-order valence-electron chi connectivity index (χ1n) is 6.97. The molecule has 2 saturated heterocycles. The third-order valence-electron chi connectivity index (χ3n) is 6.03. The van der Waals surface area contributed by atoms with Crippen LogP contribution >= 0.6 is 0 Å². The molecule has 2 aliphatic heterocycles. The van der Waals surface area contributed by atoms with Crippen molar-refractivity contribution in [2.24, 2.45) is 47.3 Å². The summed E-state index contributed by atoms with van der Waals surface area (Å²) in [7, 11) is 0. The van der Waals surface area contributed by atoms with Crippen LogP contribution in [0.1, 0.15) is 0 Å². The van der Waals surface area contributed by atoms with Gasteiger partial charge in [0, 0.05) is 0 Å². The van der Waals surface area contributed by atoms with Crippen LogP contribution in [0.25, 0.3) is 0 Å². The predicted molar refractivity (Wildman–Crippen MR) is 63.4 cm³/mol. The van der Waals surface area contributed by atoms with Crippen molar-refractivity contribution in [3.63, 3.8) is 0 Å². The van der Waals surface area contributed by atoms with Crippen LogP contribution in [-0.4, -0.2) is 23.6 Å². The summed E-state index contributed by atoms with van der Waals surface area (Å²) in [6.45, 7) is 0. The van der Waals surface area contributed by atoms with Crippen LogP contribution in [0.15, 0.2) is 12.2 Å². The summed E-state index contributed by atoms with van der Waals surface area (Å²) in [5, 5.41) is 4.81. The van der Waals surface area contributed by atoms with E-state index in [0.717, 1.165) is 0 Å². The van der Waals surface area contributed by atoms with E-state index >= 15 is 0 Å². The van der Waals surface area contributed by atoms with Gasteiger partial charge in [-0.15, -0.1) is 0 Å². The Morgan fingerprint density at radius 3 is 1.35 bits per heavy atom. The normalized spacial score (nSPS) is 54.0. The summed E-state index contributed by atoms with van der Waals surface area (Å²) in [4.78, 5) is 47.8. The number of fused-ring (bicyclic) bond motifs is 1. The Balaban J connectivity index is 1.63. The summed E-state index contributed by atoms with van der Waals surface area (Å²) < 4.78 is 0. The summed E-state index contributed by atoms with van der Waals surface area (Å²) in [5.74, 6) is -2.21. The van der Waals surface area contributed by atoms with Gasteiger partial charge in [0.05, 0.1) is 23.7 Å². The van der Waals surface area contributed by atoms with Crippen molar-refractivity contribution in [2.45, 2.75) is 0 Å². The maximum Gasteiger partial charge on any atom is 0.231 e. The minimum Gasteiger partial charge on any atom is -0.296 e. The van der Waals surface area contributed by atoms with Crippen LogP contribution < -0.4 is 10.6 Å². The van der Waals surface area contributed by atoms with Crippen LogP contribution in [0, 0.1) is 47.3 Å². The highest BCUT2D eigenvalue weighted by atomic mass is 16.2. The quantitative estimate of drug-likeness (QED) is 0.429. The Hall–Kier alpha value is -1.98. The molecule has 2 saturated carbocycles. The van der Waals surface area contributed by atoms with Gasteiger partial charge in [0.25, 0.3) is 0 Å². The number of nitrogens with one attached hydrogen (secondary N) is 2. The Kier molecular flexibility index (Phi) is 1.63. The van der Waals surface area contributed by atoms with Crippen molar-refractivity contribution >= 4 is 23.6 Å². The number of rotatable bonds is 0. The van der Waals surface area contributed by atoms with E-state index in [1.807, 2.05) is 12.2 Å². The Morgan fingerprint density at radius 2 is 0.950 bits per heavy atom. The molecule has 4 amide bonds. The summed E-state index contributed by atoms with van der Waals surface area (Å²) in [6.07, 6.45) is 3.97. The zero-order chi connectivity index (χ0) is 13.8. The third kappa shape index (κ3) is 0.910. The summed E-state index contributed by atoms with van der Waals surface area (Å²) in [5.41, 5.74) is 0. The van der Waals surface area contributed by atoms with Crippen molar-refractivity contribution < 1.29 is 19.2 Å². The van der Waals surface area contributed by atoms with Gasteiger partial charge >= 0.3 is 0 Å². The number of allylic oxidation sites excluding steroid dienone is 2. The van der Waals surface area contributed by atoms with Crippen molar-refractivity contribution in [1.29, 1.82) is 0 Å². The first kappa shape index (κ1) is 10.8. The van der Waals surface area contributed by atoms with Crippen molar-refractivity contribution in [3.05, 3.63) is 12.2 Å². The lowest BCUT2D eigenvalue weighted by Crippen LogP contribution is -2.63. The van der Waals surface area contributed by atoms with E-state index in [4.69, 9.17) is 0 Å². The van der Waals surface area contributed by atoms with E-state index in [9.17, 15) is 19.2 Å². The Morgan fingerprint density at radius 1 is 0.600 bits per heavy atom. The van der Waals surface area contributed by atoms with Gasteiger partial charge in [0.15, 0.2) is 0 Å². The molecule has 0 spiro atoms. The van der Waals surface area contributed by atoms with Crippen molar-refractivity contribution in [2.75, 3.05) is 0 Å². The van der Waals surface area contributed by atoms with Crippen molar-refractivity contribution in [1.82, 2.24) is 10.6 Å². The molecule has 20 heavy (non-hydrogen) atoms. The Labute approximate surface area is 114 Å². The lowest BCUT2D eigenvalue weighted by molar-refractivity contribution is -0.166. The Bertz CT molecular complexity index is 587. The van der Waals surface area contributed by atoms with E-state index in [0.29, 0.717) is 0 Å². The molecule has 6 aliphatic rings. The maximum absolute atomic E-state index is 12.0. The minimum atomic E-state index is -0.344. The van der Waals surface area contributed by atoms with Gasteiger partial charge in [-0.3, -0.25) is 29.8 Å². The molecule has 2 N–H and O–H groups in total. The number of carbonyl (C=O) groups excluding carboxylic acids is 4. The molecule has 6 heteroatoms. The highest BCUT2D eigenvalue weighted by Gasteiger charge is 2.72. The SMILES string of the molecule is O=C1NC(=O)[C@H]2[C@H]1[C@@H]1C=C[C@H]2C2[C@H]1[C@H]1C(=O)NC(=O)[C@H]21. The van der Waals surface area contributed by atoms with Crippen LogP contribution in [0.4, 0.5) is 0 Å². The zero-order valence-corrected chi connectivity index (χ0v) is 10.4. The molecular formula is C14H12N2O4. The van der Waals surface area contributed by atoms with Gasteiger partial charge in [0.2, 0.25) is 23.6 Å². The molecule has 4 aliphatic carbocycles. The van der Waals surface area contributed by atoms with Gasteiger partial charge in [-0.1, -0.05) is 12.2 Å². The van der Waals surface area contributed by atoms with E-state index < -0.39 is 0 Å². The molecule has 0 aromatic heterocycles. The monoisotopic (exact) mass is 272 g/mol. The highest BCUT2D eigenvalue weighted by molar-refractivity contribution is 6.09.